The predicted octanol–water partition coefficient (Wildman–Crippen LogP) is 1.57. The Bertz CT molecular complexity index is 215. The molecule has 0 radical (unpaired) electrons. The second-order valence-electron chi connectivity index (χ2n) is 2.50. The summed E-state index contributed by atoms with van der Waals surface area (Å²) < 4.78 is 4.53. The molecule has 0 aromatic rings. The molecule has 0 N–H and O–H groups in total. The van der Waals surface area contributed by atoms with E-state index in [0.717, 1.165) is 0 Å². The molecule has 1 atom stereocenters. The smallest absolute Gasteiger partial charge is 0.330 e. The molecule has 0 aliphatic carbocycles. The van der Waals surface area contributed by atoms with E-state index in [1.54, 1.807) is 0 Å². The summed E-state index contributed by atoms with van der Waals surface area (Å²) in [5.41, 5.74) is 0.675. The Kier molecular flexibility index (Phi) is 3.35. The Balaban J connectivity index is 2.58. The van der Waals surface area contributed by atoms with Crippen molar-refractivity contribution in [1.82, 2.24) is 0 Å². The molecule has 0 amide bonds. The largest absolute Gasteiger partial charge is 0.467 e. The van der Waals surface area contributed by atoms with E-state index in [1.807, 2.05) is 0 Å². The van der Waals surface area contributed by atoms with Crippen molar-refractivity contribution in [2.24, 2.45) is 4.99 Å². The van der Waals surface area contributed by atoms with Crippen molar-refractivity contribution < 1.29 is 9.53 Å². The number of aliphatic imine (C=N–C) groups is 1. The number of methoxy groups -OCH3 is 1. The first-order valence-corrected chi connectivity index (χ1v) is 4.45. The van der Waals surface area contributed by atoms with Crippen LogP contribution < -0.4 is 0 Å². The molecule has 0 spiro atoms. The first-order valence-electron chi connectivity index (χ1n) is 3.57. The van der Waals surface area contributed by atoms with Crippen LogP contribution in [0.15, 0.2) is 4.99 Å². The van der Waals surface area contributed by atoms with Gasteiger partial charge in [0.25, 0.3) is 0 Å². The summed E-state index contributed by atoms with van der Waals surface area (Å²) in [7, 11) is 1.34. The number of nitrogens with zero attached hydrogens (tertiary/aromatic N) is 1. The summed E-state index contributed by atoms with van der Waals surface area (Å²) in [6, 6.07) is -0.398. The van der Waals surface area contributed by atoms with Crippen LogP contribution in [-0.2, 0) is 9.53 Å². The molecular weight excluding hydrogens is 201 g/mol. The van der Waals surface area contributed by atoms with Gasteiger partial charge in [-0.05, 0) is 12.8 Å². The standard InChI is InChI=1S/C7H9Cl2NO2/c1-12-7(11)5-3-2-4(10-5)6(8)9/h5-6H,2-3H2,1H3. The summed E-state index contributed by atoms with van der Waals surface area (Å²) in [6.45, 7) is 0. The third-order valence-electron chi connectivity index (χ3n) is 1.72. The van der Waals surface area contributed by atoms with Crippen molar-refractivity contribution in [3.05, 3.63) is 0 Å². The van der Waals surface area contributed by atoms with Gasteiger partial charge < -0.3 is 4.74 Å². The highest BCUT2D eigenvalue weighted by Crippen LogP contribution is 2.20. The molecule has 12 heavy (non-hydrogen) atoms. The molecule has 68 valence electrons. The van der Waals surface area contributed by atoms with Gasteiger partial charge in [0.2, 0.25) is 0 Å². The van der Waals surface area contributed by atoms with Crippen LogP contribution in [0.1, 0.15) is 12.8 Å². The number of ether oxygens (including phenoxy) is 1. The number of alkyl halides is 2. The predicted molar refractivity (Wildman–Crippen MR) is 48.0 cm³/mol. The van der Waals surface area contributed by atoms with E-state index in [9.17, 15) is 4.79 Å². The van der Waals surface area contributed by atoms with Crippen LogP contribution >= 0.6 is 23.2 Å². The van der Waals surface area contributed by atoms with Gasteiger partial charge in [-0.2, -0.15) is 0 Å². The Morgan fingerprint density at radius 2 is 2.42 bits per heavy atom. The van der Waals surface area contributed by atoms with Gasteiger partial charge in [0.05, 0.1) is 7.11 Å². The van der Waals surface area contributed by atoms with Gasteiger partial charge in [0.15, 0.2) is 0 Å². The van der Waals surface area contributed by atoms with E-state index in [2.05, 4.69) is 9.73 Å². The maximum Gasteiger partial charge on any atom is 0.330 e. The number of halogens is 2. The number of hydrogen-bond acceptors (Lipinski definition) is 3. The van der Waals surface area contributed by atoms with E-state index in [1.165, 1.54) is 7.11 Å². The highest BCUT2D eigenvalue weighted by Gasteiger charge is 2.27. The number of hydrogen-bond donors (Lipinski definition) is 0. The minimum Gasteiger partial charge on any atom is -0.467 e. The fourth-order valence-corrected chi connectivity index (χ4v) is 1.42. The van der Waals surface area contributed by atoms with Gasteiger partial charge >= 0.3 is 5.97 Å². The van der Waals surface area contributed by atoms with Gasteiger partial charge in [-0.3, -0.25) is 4.99 Å². The number of rotatable bonds is 2. The summed E-state index contributed by atoms with van der Waals surface area (Å²) in [5.74, 6) is -0.320. The van der Waals surface area contributed by atoms with E-state index in [0.29, 0.717) is 18.6 Å². The topological polar surface area (TPSA) is 38.7 Å². The Labute approximate surface area is 80.7 Å². The van der Waals surface area contributed by atoms with Crippen molar-refractivity contribution in [2.45, 2.75) is 23.7 Å². The van der Waals surface area contributed by atoms with E-state index in [-0.39, 0.29) is 5.97 Å². The van der Waals surface area contributed by atoms with Gasteiger partial charge in [0.1, 0.15) is 10.9 Å². The van der Waals surface area contributed by atoms with Crippen molar-refractivity contribution >= 4 is 34.9 Å². The molecule has 0 aromatic heterocycles. The lowest BCUT2D eigenvalue weighted by Crippen LogP contribution is -2.17. The van der Waals surface area contributed by atoms with Gasteiger partial charge in [-0.1, -0.05) is 23.2 Å². The molecular formula is C7H9Cl2NO2. The fourth-order valence-electron chi connectivity index (χ4n) is 1.09. The number of carbonyl (C=O) groups is 1. The molecule has 0 fully saturated rings. The molecule has 1 aliphatic heterocycles. The van der Waals surface area contributed by atoms with Crippen LogP contribution in [0.4, 0.5) is 0 Å². The summed E-state index contributed by atoms with van der Waals surface area (Å²) in [4.78, 5) is 14.4. The molecule has 1 rings (SSSR count). The first kappa shape index (κ1) is 9.81. The van der Waals surface area contributed by atoms with Gasteiger partial charge in [0, 0.05) is 5.71 Å². The average Bonchev–Trinajstić information content (AvgIpc) is 2.51. The lowest BCUT2D eigenvalue weighted by Gasteiger charge is -2.01. The third kappa shape index (κ3) is 2.11. The van der Waals surface area contributed by atoms with Crippen molar-refractivity contribution in [1.29, 1.82) is 0 Å². The van der Waals surface area contributed by atoms with Gasteiger partial charge in [-0.25, -0.2) is 4.79 Å². The van der Waals surface area contributed by atoms with E-state index < -0.39 is 10.9 Å². The molecule has 0 saturated heterocycles. The molecule has 1 unspecified atom stereocenters. The lowest BCUT2D eigenvalue weighted by molar-refractivity contribution is -0.141. The van der Waals surface area contributed by atoms with Crippen LogP contribution in [0.25, 0.3) is 0 Å². The molecule has 0 aromatic carbocycles. The number of esters is 1. The maximum absolute atomic E-state index is 11.0. The lowest BCUT2D eigenvalue weighted by atomic mass is 10.2. The zero-order valence-electron chi connectivity index (χ0n) is 6.59. The Morgan fingerprint density at radius 3 is 2.83 bits per heavy atom. The highest BCUT2D eigenvalue weighted by atomic mass is 35.5. The normalized spacial score (nSPS) is 22.7. The van der Waals surface area contributed by atoms with Crippen LogP contribution in [0.2, 0.25) is 0 Å². The van der Waals surface area contributed by atoms with Crippen LogP contribution in [-0.4, -0.2) is 29.7 Å². The molecule has 1 aliphatic rings. The van der Waals surface area contributed by atoms with Crippen LogP contribution in [0.3, 0.4) is 0 Å². The monoisotopic (exact) mass is 209 g/mol. The SMILES string of the molecule is COC(=O)C1CCC(C(Cl)Cl)=N1. The Hall–Kier alpha value is -0.280. The zero-order valence-corrected chi connectivity index (χ0v) is 8.10. The minimum atomic E-state index is -0.598. The third-order valence-corrected chi connectivity index (χ3v) is 2.22. The van der Waals surface area contributed by atoms with Crippen LogP contribution in [0.5, 0.6) is 0 Å². The zero-order chi connectivity index (χ0) is 9.14. The van der Waals surface area contributed by atoms with Crippen molar-refractivity contribution in [3.63, 3.8) is 0 Å². The minimum absolute atomic E-state index is 0.320. The summed E-state index contributed by atoms with van der Waals surface area (Å²) in [6.07, 6.45) is 1.33. The molecule has 5 heteroatoms. The molecule has 0 saturated carbocycles. The van der Waals surface area contributed by atoms with Crippen molar-refractivity contribution in [2.75, 3.05) is 7.11 Å². The van der Waals surface area contributed by atoms with E-state index in [4.69, 9.17) is 23.2 Å². The average molecular weight is 210 g/mol. The van der Waals surface area contributed by atoms with Crippen LogP contribution in [0, 0.1) is 0 Å². The molecule has 3 nitrogen and oxygen atoms in total. The fraction of sp³-hybridized carbons (Fsp3) is 0.714. The summed E-state index contributed by atoms with van der Waals surface area (Å²) in [5, 5.41) is 0. The second kappa shape index (κ2) is 4.10. The second-order valence-corrected chi connectivity index (χ2v) is 3.60. The van der Waals surface area contributed by atoms with Crippen molar-refractivity contribution in [3.8, 4) is 0 Å². The Morgan fingerprint density at radius 1 is 1.75 bits per heavy atom. The molecule has 1 heterocycles. The maximum atomic E-state index is 11.0. The first-order chi connectivity index (χ1) is 5.65. The highest BCUT2D eigenvalue weighted by molar-refractivity contribution is 6.54. The number of carbonyl (C=O) groups excluding carboxylic acids is 1. The molecule has 0 bridgehead atoms. The summed E-state index contributed by atoms with van der Waals surface area (Å²) >= 11 is 11.2. The quantitative estimate of drug-likeness (QED) is 0.512. The van der Waals surface area contributed by atoms with Gasteiger partial charge in [-0.15, -0.1) is 0 Å². The van der Waals surface area contributed by atoms with E-state index >= 15 is 0 Å².